The number of likely N-dealkylation sites (tertiary alicyclic amines) is 1. The van der Waals surface area contributed by atoms with Gasteiger partial charge in [0.15, 0.2) is 0 Å². The van der Waals surface area contributed by atoms with E-state index in [1.807, 2.05) is 38.1 Å². The molecule has 1 aliphatic heterocycles. The molecule has 2 atom stereocenters. The number of hydrogen-bond acceptors (Lipinski definition) is 3. The maximum absolute atomic E-state index is 12.8. The quantitative estimate of drug-likeness (QED) is 0.770. The number of ether oxygens (including phenoxy) is 1. The van der Waals surface area contributed by atoms with E-state index in [9.17, 15) is 9.59 Å². The van der Waals surface area contributed by atoms with Crippen molar-refractivity contribution in [2.24, 2.45) is 11.8 Å². The van der Waals surface area contributed by atoms with E-state index in [4.69, 9.17) is 4.74 Å². The number of nitrogens with one attached hydrogen (secondary N) is 2. The van der Waals surface area contributed by atoms with Crippen molar-refractivity contribution in [1.29, 1.82) is 0 Å². The van der Waals surface area contributed by atoms with Gasteiger partial charge in [-0.15, -0.1) is 0 Å². The highest BCUT2D eigenvalue weighted by atomic mass is 16.5. The van der Waals surface area contributed by atoms with Crippen LogP contribution in [-0.2, 0) is 4.79 Å². The van der Waals surface area contributed by atoms with Crippen molar-refractivity contribution in [2.75, 3.05) is 26.7 Å². The van der Waals surface area contributed by atoms with Crippen molar-refractivity contribution in [3.8, 4) is 5.75 Å². The Morgan fingerprint density at radius 2 is 1.81 bits per heavy atom. The van der Waals surface area contributed by atoms with Crippen LogP contribution >= 0.6 is 0 Å². The number of hydrogen-bond donors (Lipinski definition) is 2. The molecule has 1 aromatic carbocycles. The van der Waals surface area contributed by atoms with E-state index in [0.717, 1.165) is 17.7 Å². The van der Waals surface area contributed by atoms with E-state index in [-0.39, 0.29) is 29.8 Å². The zero-order valence-corrected chi connectivity index (χ0v) is 17.1. The smallest absolute Gasteiger partial charge is 0.317 e. The zero-order valence-electron chi connectivity index (χ0n) is 17.1. The first-order chi connectivity index (χ1) is 12.8. The van der Waals surface area contributed by atoms with Crippen LogP contribution in [0.4, 0.5) is 4.79 Å². The third kappa shape index (κ3) is 5.88. The second kappa shape index (κ2) is 9.62. The highest BCUT2D eigenvalue weighted by Crippen LogP contribution is 2.34. The van der Waals surface area contributed by atoms with Gasteiger partial charge in [0.2, 0.25) is 5.91 Å². The van der Waals surface area contributed by atoms with Crippen LogP contribution in [0, 0.1) is 11.8 Å². The Labute approximate surface area is 162 Å². The van der Waals surface area contributed by atoms with Crippen molar-refractivity contribution in [3.63, 3.8) is 0 Å². The minimum absolute atomic E-state index is 0.0205. The largest absolute Gasteiger partial charge is 0.497 e. The van der Waals surface area contributed by atoms with Crippen LogP contribution in [-0.4, -0.2) is 49.6 Å². The Morgan fingerprint density at radius 1 is 1.15 bits per heavy atom. The van der Waals surface area contributed by atoms with Gasteiger partial charge in [0.25, 0.3) is 0 Å². The molecule has 1 heterocycles. The lowest BCUT2D eigenvalue weighted by Gasteiger charge is -2.19. The number of carbonyl (C=O) groups is 2. The molecule has 27 heavy (non-hydrogen) atoms. The predicted octanol–water partition coefficient (Wildman–Crippen LogP) is 2.99. The van der Waals surface area contributed by atoms with E-state index >= 15 is 0 Å². The second-order valence-corrected chi connectivity index (χ2v) is 7.97. The normalized spacial score (nSPS) is 19.4. The van der Waals surface area contributed by atoms with Crippen molar-refractivity contribution in [1.82, 2.24) is 15.5 Å². The molecule has 150 valence electrons. The molecule has 6 heteroatoms. The maximum Gasteiger partial charge on any atom is 0.317 e. The Bertz CT molecular complexity index is 628. The fourth-order valence-corrected chi connectivity index (χ4v) is 3.38. The van der Waals surface area contributed by atoms with Gasteiger partial charge >= 0.3 is 6.03 Å². The Balaban J connectivity index is 2.14. The van der Waals surface area contributed by atoms with E-state index in [1.165, 1.54) is 0 Å². The Kier molecular flexibility index (Phi) is 7.51. The third-order valence-electron chi connectivity index (χ3n) is 4.92. The SMILES string of the molecule is COc1ccc(C2CN(C(=O)NC(C)C)CC2C(=O)NCCC(C)C)cc1. The first-order valence-electron chi connectivity index (χ1n) is 9.79. The number of methoxy groups -OCH3 is 1. The summed E-state index contributed by atoms with van der Waals surface area (Å²) in [5, 5.41) is 5.98. The molecule has 0 radical (unpaired) electrons. The number of urea groups is 1. The summed E-state index contributed by atoms with van der Waals surface area (Å²) in [5.74, 6) is 1.08. The fourth-order valence-electron chi connectivity index (χ4n) is 3.38. The minimum atomic E-state index is -0.247. The summed E-state index contributed by atoms with van der Waals surface area (Å²) >= 11 is 0. The topological polar surface area (TPSA) is 70.7 Å². The standard InChI is InChI=1S/C21H33N3O3/c1-14(2)10-11-22-20(25)19-13-24(21(26)23-15(3)4)12-18(19)16-6-8-17(27-5)9-7-16/h6-9,14-15,18-19H,10-13H2,1-5H3,(H,22,25)(H,23,26). The lowest BCUT2D eigenvalue weighted by Crippen LogP contribution is -2.42. The molecule has 1 aliphatic rings. The van der Waals surface area contributed by atoms with Gasteiger partial charge in [-0.25, -0.2) is 4.79 Å². The second-order valence-electron chi connectivity index (χ2n) is 7.97. The summed E-state index contributed by atoms with van der Waals surface area (Å²) in [6.07, 6.45) is 0.948. The molecule has 2 unspecified atom stereocenters. The molecule has 0 bridgehead atoms. The Hall–Kier alpha value is -2.24. The first kappa shape index (κ1) is 21.1. The van der Waals surface area contributed by atoms with Gasteiger partial charge in [0, 0.05) is 31.6 Å². The molecule has 2 N–H and O–H groups in total. The lowest BCUT2D eigenvalue weighted by atomic mass is 9.88. The average Bonchev–Trinajstić information content (AvgIpc) is 3.06. The summed E-state index contributed by atoms with van der Waals surface area (Å²) in [7, 11) is 1.63. The maximum atomic E-state index is 12.8. The number of carbonyl (C=O) groups excluding carboxylic acids is 2. The van der Waals surface area contributed by atoms with Crippen LogP contribution in [0.25, 0.3) is 0 Å². The van der Waals surface area contributed by atoms with Gasteiger partial charge in [0.1, 0.15) is 5.75 Å². The third-order valence-corrected chi connectivity index (χ3v) is 4.92. The number of benzene rings is 1. The van der Waals surface area contributed by atoms with Gasteiger partial charge in [0.05, 0.1) is 13.0 Å². The molecule has 6 nitrogen and oxygen atoms in total. The molecule has 0 spiro atoms. The van der Waals surface area contributed by atoms with Gasteiger partial charge in [-0.3, -0.25) is 4.79 Å². The molecule has 2 rings (SSSR count). The van der Waals surface area contributed by atoms with Crippen molar-refractivity contribution >= 4 is 11.9 Å². The van der Waals surface area contributed by atoms with Gasteiger partial charge in [-0.05, 0) is 43.9 Å². The summed E-state index contributed by atoms with van der Waals surface area (Å²) in [4.78, 5) is 27.0. The van der Waals surface area contributed by atoms with E-state index < -0.39 is 0 Å². The van der Waals surface area contributed by atoms with Crippen molar-refractivity contribution in [3.05, 3.63) is 29.8 Å². The number of rotatable bonds is 7. The summed E-state index contributed by atoms with van der Waals surface area (Å²) in [5.41, 5.74) is 1.06. The van der Waals surface area contributed by atoms with Crippen molar-refractivity contribution < 1.29 is 14.3 Å². The fraction of sp³-hybridized carbons (Fsp3) is 0.619. The Morgan fingerprint density at radius 3 is 2.37 bits per heavy atom. The van der Waals surface area contributed by atoms with E-state index in [1.54, 1.807) is 12.0 Å². The highest BCUT2D eigenvalue weighted by molar-refractivity contribution is 5.83. The molecule has 0 aliphatic carbocycles. The monoisotopic (exact) mass is 375 g/mol. The van der Waals surface area contributed by atoms with Crippen LogP contribution in [0.5, 0.6) is 5.75 Å². The van der Waals surface area contributed by atoms with Gasteiger partial charge < -0.3 is 20.3 Å². The van der Waals surface area contributed by atoms with Crippen LogP contribution in [0.2, 0.25) is 0 Å². The van der Waals surface area contributed by atoms with Crippen LogP contribution in [0.3, 0.4) is 0 Å². The predicted molar refractivity (Wildman–Crippen MR) is 107 cm³/mol. The minimum Gasteiger partial charge on any atom is -0.497 e. The molecule has 1 fully saturated rings. The van der Waals surface area contributed by atoms with Crippen LogP contribution in [0.1, 0.15) is 45.6 Å². The molecular weight excluding hydrogens is 342 g/mol. The van der Waals surface area contributed by atoms with Crippen LogP contribution < -0.4 is 15.4 Å². The summed E-state index contributed by atoms with van der Waals surface area (Å²) < 4.78 is 5.23. The first-order valence-corrected chi connectivity index (χ1v) is 9.79. The number of nitrogens with zero attached hydrogens (tertiary/aromatic N) is 1. The van der Waals surface area contributed by atoms with E-state index in [2.05, 4.69) is 24.5 Å². The highest BCUT2D eigenvalue weighted by Gasteiger charge is 2.40. The van der Waals surface area contributed by atoms with E-state index in [0.29, 0.717) is 25.6 Å². The van der Waals surface area contributed by atoms with Gasteiger partial charge in [-0.2, -0.15) is 0 Å². The summed E-state index contributed by atoms with van der Waals surface area (Å²) in [6.45, 7) is 9.78. The van der Waals surface area contributed by atoms with Crippen molar-refractivity contribution in [2.45, 2.75) is 46.1 Å². The molecule has 1 aromatic rings. The van der Waals surface area contributed by atoms with Crippen LogP contribution in [0.15, 0.2) is 24.3 Å². The molecule has 0 saturated carbocycles. The lowest BCUT2D eigenvalue weighted by molar-refractivity contribution is -0.124. The molecular formula is C21H33N3O3. The van der Waals surface area contributed by atoms with Gasteiger partial charge in [-0.1, -0.05) is 26.0 Å². The zero-order chi connectivity index (χ0) is 20.0. The molecule has 1 saturated heterocycles. The summed E-state index contributed by atoms with van der Waals surface area (Å²) in [6, 6.07) is 7.74. The molecule has 3 amide bonds. The average molecular weight is 376 g/mol. The number of amides is 3. The molecule has 0 aromatic heterocycles.